The molecule has 4 heteroatoms. The summed E-state index contributed by atoms with van der Waals surface area (Å²) < 4.78 is 4.57. The van der Waals surface area contributed by atoms with E-state index >= 15 is 0 Å². The molecular weight excluding hydrogens is 182 g/mol. The summed E-state index contributed by atoms with van der Waals surface area (Å²) in [5.74, 6) is -0.414. The molecule has 0 saturated heterocycles. The fourth-order valence-electron chi connectivity index (χ4n) is 1.17. The summed E-state index contributed by atoms with van der Waals surface area (Å²) in [5, 5.41) is 2.48. The Bertz CT molecular complexity index is 360. The van der Waals surface area contributed by atoms with Gasteiger partial charge < -0.3 is 10.1 Å². The highest BCUT2D eigenvalue weighted by Gasteiger charge is 2.06. The fraction of sp³-hybridized carbons (Fsp3) is 0.200. The number of carbonyl (C=O) groups is 2. The molecule has 14 heavy (non-hydrogen) atoms. The number of ether oxygens (including phenoxy) is 1. The number of aryl methyl sites for hydroxylation is 1. The van der Waals surface area contributed by atoms with Gasteiger partial charge in [-0.3, -0.25) is 4.79 Å². The molecule has 4 nitrogen and oxygen atoms in total. The van der Waals surface area contributed by atoms with Crippen molar-refractivity contribution < 1.29 is 14.3 Å². The Balaban J connectivity index is 3.06. The van der Waals surface area contributed by atoms with Crippen molar-refractivity contribution in [1.82, 2.24) is 0 Å². The van der Waals surface area contributed by atoms with Gasteiger partial charge >= 0.3 is 5.97 Å². The highest BCUT2D eigenvalue weighted by atomic mass is 16.5. The van der Waals surface area contributed by atoms with Gasteiger partial charge in [-0.25, -0.2) is 4.79 Å². The lowest BCUT2D eigenvalue weighted by atomic mass is 10.1. The largest absolute Gasteiger partial charge is 0.465 e. The van der Waals surface area contributed by atoms with E-state index in [1.54, 1.807) is 18.2 Å². The molecule has 74 valence electrons. The molecule has 0 atom stereocenters. The average molecular weight is 193 g/mol. The van der Waals surface area contributed by atoms with Gasteiger partial charge in [0.15, 0.2) is 0 Å². The summed E-state index contributed by atoms with van der Waals surface area (Å²) in [4.78, 5) is 21.4. The molecule has 0 aliphatic carbocycles. The molecular formula is C10H11NO3. The van der Waals surface area contributed by atoms with Crippen molar-refractivity contribution in [2.75, 3.05) is 12.4 Å². The molecule has 0 fully saturated rings. The van der Waals surface area contributed by atoms with Crippen LogP contribution < -0.4 is 5.32 Å². The molecule has 0 unspecified atom stereocenters. The Morgan fingerprint density at radius 3 is 2.71 bits per heavy atom. The third-order valence-electron chi connectivity index (χ3n) is 1.72. The lowest BCUT2D eigenvalue weighted by Crippen LogP contribution is -2.03. The van der Waals surface area contributed by atoms with Crippen LogP contribution in [0.2, 0.25) is 0 Å². The Kier molecular flexibility index (Phi) is 3.23. The van der Waals surface area contributed by atoms with Crippen molar-refractivity contribution in [2.45, 2.75) is 6.92 Å². The summed E-state index contributed by atoms with van der Waals surface area (Å²) >= 11 is 0. The Morgan fingerprint density at radius 1 is 1.43 bits per heavy atom. The van der Waals surface area contributed by atoms with Crippen LogP contribution in [0.25, 0.3) is 0 Å². The number of hydrogen-bond acceptors (Lipinski definition) is 3. The van der Waals surface area contributed by atoms with Crippen LogP contribution >= 0.6 is 0 Å². The second-order valence-electron chi connectivity index (χ2n) is 2.84. The van der Waals surface area contributed by atoms with Gasteiger partial charge in [-0.1, -0.05) is 0 Å². The van der Waals surface area contributed by atoms with Crippen LogP contribution in [0, 0.1) is 6.92 Å². The highest BCUT2D eigenvalue weighted by Crippen LogP contribution is 2.14. The Labute approximate surface area is 81.9 Å². The molecule has 1 aromatic carbocycles. The van der Waals surface area contributed by atoms with E-state index in [4.69, 9.17) is 0 Å². The maximum absolute atomic E-state index is 11.2. The molecule has 1 N–H and O–H groups in total. The lowest BCUT2D eigenvalue weighted by molar-refractivity contribution is -0.105. The van der Waals surface area contributed by atoms with Crippen LogP contribution in [-0.2, 0) is 9.53 Å². The second-order valence-corrected chi connectivity index (χ2v) is 2.84. The standard InChI is InChI=1S/C10H11NO3/c1-7-3-8(10(13)14-2)5-9(4-7)11-6-12/h3-6H,1-2H3,(H,11,12). The molecule has 0 aromatic heterocycles. The zero-order valence-electron chi connectivity index (χ0n) is 8.03. The van der Waals surface area contributed by atoms with Gasteiger partial charge in [0.05, 0.1) is 12.7 Å². The number of esters is 1. The Morgan fingerprint density at radius 2 is 2.14 bits per heavy atom. The molecule has 0 saturated carbocycles. The van der Waals surface area contributed by atoms with Crippen molar-refractivity contribution in [3.63, 3.8) is 0 Å². The van der Waals surface area contributed by atoms with Gasteiger partial charge in [0.2, 0.25) is 6.41 Å². The number of anilines is 1. The molecule has 0 spiro atoms. The maximum atomic E-state index is 11.2. The monoisotopic (exact) mass is 193 g/mol. The number of nitrogens with one attached hydrogen (secondary N) is 1. The summed E-state index contributed by atoms with van der Waals surface area (Å²) in [6, 6.07) is 5.02. The number of rotatable bonds is 3. The van der Waals surface area contributed by atoms with Crippen LogP contribution in [0.5, 0.6) is 0 Å². The van der Waals surface area contributed by atoms with Crippen molar-refractivity contribution in [2.24, 2.45) is 0 Å². The van der Waals surface area contributed by atoms with E-state index in [0.29, 0.717) is 17.7 Å². The minimum Gasteiger partial charge on any atom is -0.465 e. The van der Waals surface area contributed by atoms with Crippen LogP contribution in [0.3, 0.4) is 0 Å². The minimum absolute atomic E-state index is 0.414. The fourth-order valence-corrected chi connectivity index (χ4v) is 1.17. The zero-order chi connectivity index (χ0) is 10.6. The quantitative estimate of drug-likeness (QED) is 0.582. The lowest BCUT2D eigenvalue weighted by Gasteiger charge is -2.04. The summed E-state index contributed by atoms with van der Waals surface area (Å²) in [7, 11) is 1.32. The van der Waals surface area contributed by atoms with E-state index in [9.17, 15) is 9.59 Å². The number of carbonyl (C=O) groups excluding carboxylic acids is 2. The first-order valence-corrected chi connectivity index (χ1v) is 4.07. The molecule has 0 aliphatic rings. The first-order valence-electron chi connectivity index (χ1n) is 4.07. The second kappa shape index (κ2) is 4.41. The predicted molar refractivity (Wildman–Crippen MR) is 52.2 cm³/mol. The molecule has 0 heterocycles. The van der Waals surface area contributed by atoms with Gasteiger partial charge in [0, 0.05) is 5.69 Å². The Hall–Kier alpha value is -1.84. The van der Waals surface area contributed by atoms with E-state index in [2.05, 4.69) is 10.1 Å². The van der Waals surface area contributed by atoms with Gasteiger partial charge in [-0.05, 0) is 30.7 Å². The number of amides is 1. The molecule has 1 rings (SSSR count). The number of benzene rings is 1. The topological polar surface area (TPSA) is 55.4 Å². The van der Waals surface area contributed by atoms with Gasteiger partial charge in [0.25, 0.3) is 0 Å². The SMILES string of the molecule is COC(=O)c1cc(C)cc(NC=O)c1. The van der Waals surface area contributed by atoms with Crippen molar-refractivity contribution in [3.8, 4) is 0 Å². The van der Waals surface area contributed by atoms with Gasteiger partial charge in [-0.15, -0.1) is 0 Å². The molecule has 1 amide bonds. The number of methoxy groups -OCH3 is 1. The van der Waals surface area contributed by atoms with E-state index < -0.39 is 5.97 Å². The van der Waals surface area contributed by atoms with Crippen molar-refractivity contribution in [3.05, 3.63) is 29.3 Å². The number of hydrogen-bond donors (Lipinski definition) is 1. The summed E-state index contributed by atoms with van der Waals surface area (Å²) in [5.41, 5.74) is 1.90. The van der Waals surface area contributed by atoms with Crippen LogP contribution in [-0.4, -0.2) is 19.5 Å². The van der Waals surface area contributed by atoms with Crippen molar-refractivity contribution >= 4 is 18.1 Å². The van der Waals surface area contributed by atoms with Crippen LogP contribution in [0.1, 0.15) is 15.9 Å². The first-order chi connectivity index (χ1) is 6.67. The summed E-state index contributed by atoms with van der Waals surface area (Å²) in [6.07, 6.45) is 0.565. The van der Waals surface area contributed by atoms with Crippen LogP contribution in [0.15, 0.2) is 18.2 Å². The van der Waals surface area contributed by atoms with E-state index in [1.807, 2.05) is 6.92 Å². The molecule has 0 radical (unpaired) electrons. The maximum Gasteiger partial charge on any atom is 0.337 e. The van der Waals surface area contributed by atoms with Gasteiger partial charge in [-0.2, -0.15) is 0 Å². The van der Waals surface area contributed by atoms with Crippen LogP contribution in [0.4, 0.5) is 5.69 Å². The zero-order valence-corrected chi connectivity index (χ0v) is 8.03. The first kappa shape index (κ1) is 10.2. The normalized spacial score (nSPS) is 9.29. The third kappa shape index (κ3) is 2.32. The van der Waals surface area contributed by atoms with E-state index in [0.717, 1.165) is 5.56 Å². The molecule has 0 aliphatic heterocycles. The van der Waals surface area contributed by atoms with Gasteiger partial charge in [0.1, 0.15) is 0 Å². The average Bonchev–Trinajstić information content (AvgIpc) is 2.16. The highest BCUT2D eigenvalue weighted by molar-refractivity contribution is 5.91. The minimum atomic E-state index is -0.414. The molecule has 0 bridgehead atoms. The predicted octanol–water partition coefficient (Wildman–Crippen LogP) is 1.35. The third-order valence-corrected chi connectivity index (χ3v) is 1.72. The van der Waals surface area contributed by atoms with Crippen molar-refractivity contribution in [1.29, 1.82) is 0 Å². The smallest absolute Gasteiger partial charge is 0.337 e. The summed E-state index contributed by atoms with van der Waals surface area (Å²) in [6.45, 7) is 1.84. The van der Waals surface area contributed by atoms with E-state index in [-0.39, 0.29) is 0 Å². The molecule has 1 aromatic rings. The van der Waals surface area contributed by atoms with E-state index in [1.165, 1.54) is 7.11 Å².